The number of para-hydroxylation sites is 2. The summed E-state index contributed by atoms with van der Waals surface area (Å²) in [5.41, 5.74) is 1.13. The molecule has 1 aromatic heterocycles. The van der Waals surface area contributed by atoms with Crippen LogP contribution in [0.3, 0.4) is 0 Å². The molecule has 0 aliphatic carbocycles. The van der Waals surface area contributed by atoms with Gasteiger partial charge in [-0.2, -0.15) is 0 Å². The Hall–Kier alpha value is -3.46. The monoisotopic (exact) mass is 402 g/mol. The fourth-order valence-corrected chi connectivity index (χ4v) is 2.84. The molecule has 1 N–H and O–H groups in total. The summed E-state index contributed by atoms with van der Waals surface area (Å²) in [6.45, 7) is 1.06. The van der Waals surface area contributed by atoms with Crippen molar-refractivity contribution in [3.63, 3.8) is 0 Å². The second kappa shape index (κ2) is 8.05. The van der Waals surface area contributed by atoms with Gasteiger partial charge in [-0.3, -0.25) is 19.7 Å². The number of nitrogens with one attached hydrogen (secondary N) is 1. The number of nitrogens with zero attached hydrogens (tertiary/aromatic N) is 3. The van der Waals surface area contributed by atoms with Gasteiger partial charge >= 0.3 is 5.97 Å². The molecular formula is C18H15ClN4O5. The summed E-state index contributed by atoms with van der Waals surface area (Å²) in [6, 6.07) is 11.1. The van der Waals surface area contributed by atoms with E-state index in [0.29, 0.717) is 5.82 Å². The van der Waals surface area contributed by atoms with Crippen molar-refractivity contribution in [1.82, 2.24) is 9.55 Å². The number of imidazole rings is 1. The minimum Gasteiger partial charge on any atom is -0.454 e. The van der Waals surface area contributed by atoms with Gasteiger partial charge in [0.2, 0.25) is 0 Å². The minimum atomic E-state index is -0.717. The average molecular weight is 403 g/mol. The molecule has 0 atom stereocenters. The highest BCUT2D eigenvalue weighted by Gasteiger charge is 2.18. The average Bonchev–Trinajstić information content (AvgIpc) is 2.95. The van der Waals surface area contributed by atoms with Crippen molar-refractivity contribution < 1.29 is 19.2 Å². The summed E-state index contributed by atoms with van der Waals surface area (Å²) in [5.74, 6) is -0.718. The first-order valence-corrected chi connectivity index (χ1v) is 8.54. The molecule has 10 heteroatoms. The van der Waals surface area contributed by atoms with Gasteiger partial charge in [0.1, 0.15) is 18.1 Å². The number of ether oxygens (including phenoxy) is 1. The summed E-state index contributed by atoms with van der Waals surface area (Å²) in [4.78, 5) is 38.8. The molecule has 0 fully saturated rings. The lowest BCUT2D eigenvalue weighted by molar-refractivity contribution is -0.383. The second-order valence-corrected chi connectivity index (χ2v) is 6.30. The van der Waals surface area contributed by atoms with Crippen LogP contribution in [0.15, 0.2) is 42.5 Å². The number of anilines is 1. The lowest BCUT2D eigenvalue weighted by Crippen LogP contribution is -2.23. The van der Waals surface area contributed by atoms with Crippen LogP contribution in [-0.4, -0.2) is 33.0 Å². The third-order valence-electron chi connectivity index (χ3n) is 3.93. The molecule has 3 rings (SSSR count). The number of carbonyl (C=O) groups excluding carboxylic acids is 2. The summed E-state index contributed by atoms with van der Waals surface area (Å²) >= 11 is 5.81. The predicted octanol–water partition coefficient (Wildman–Crippen LogP) is 3.09. The molecule has 1 heterocycles. The van der Waals surface area contributed by atoms with Crippen LogP contribution >= 0.6 is 11.6 Å². The highest BCUT2D eigenvalue weighted by atomic mass is 35.5. The number of esters is 1. The number of rotatable bonds is 6. The number of hydrogen-bond donors (Lipinski definition) is 1. The lowest BCUT2D eigenvalue weighted by atomic mass is 10.2. The first-order chi connectivity index (χ1) is 13.3. The van der Waals surface area contributed by atoms with Gasteiger partial charge in [0, 0.05) is 11.1 Å². The number of halogens is 1. The molecule has 0 saturated heterocycles. The molecule has 9 nitrogen and oxygen atoms in total. The number of carbonyl (C=O) groups is 2. The van der Waals surface area contributed by atoms with Gasteiger partial charge in [-0.05, 0) is 31.2 Å². The Balaban J connectivity index is 1.62. The lowest BCUT2D eigenvalue weighted by Gasteiger charge is -2.09. The zero-order valence-corrected chi connectivity index (χ0v) is 15.5. The van der Waals surface area contributed by atoms with Gasteiger partial charge in [0.05, 0.1) is 16.0 Å². The third kappa shape index (κ3) is 4.26. The van der Waals surface area contributed by atoms with Crippen LogP contribution in [0.5, 0.6) is 0 Å². The Morgan fingerprint density at radius 1 is 1.29 bits per heavy atom. The number of amides is 1. The maximum absolute atomic E-state index is 12.1. The first-order valence-electron chi connectivity index (χ1n) is 8.16. The predicted molar refractivity (Wildman–Crippen MR) is 102 cm³/mol. The van der Waals surface area contributed by atoms with Crippen LogP contribution in [0.2, 0.25) is 5.02 Å². The highest BCUT2D eigenvalue weighted by molar-refractivity contribution is 6.31. The number of nitro groups is 1. The van der Waals surface area contributed by atoms with Gasteiger partial charge in [-0.25, -0.2) is 4.98 Å². The number of hydrogen-bond acceptors (Lipinski definition) is 6. The van der Waals surface area contributed by atoms with Crippen molar-refractivity contribution >= 4 is 45.9 Å². The van der Waals surface area contributed by atoms with Gasteiger partial charge in [-0.15, -0.1) is 0 Å². The summed E-state index contributed by atoms with van der Waals surface area (Å²) in [7, 11) is 0. The van der Waals surface area contributed by atoms with E-state index in [0.717, 1.165) is 11.0 Å². The van der Waals surface area contributed by atoms with Crippen LogP contribution in [-0.2, 0) is 20.9 Å². The van der Waals surface area contributed by atoms with E-state index in [-0.39, 0.29) is 22.9 Å². The topological polar surface area (TPSA) is 116 Å². The van der Waals surface area contributed by atoms with Crippen molar-refractivity contribution in [2.24, 2.45) is 0 Å². The number of aryl methyl sites for hydroxylation is 1. The van der Waals surface area contributed by atoms with Crippen molar-refractivity contribution in [3.8, 4) is 0 Å². The maximum Gasteiger partial charge on any atom is 0.326 e. The zero-order valence-electron chi connectivity index (χ0n) is 14.7. The molecule has 3 aromatic rings. The van der Waals surface area contributed by atoms with E-state index in [2.05, 4.69) is 10.3 Å². The van der Waals surface area contributed by atoms with E-state index < -0.39 is 23.4 Å². The first kappa shape index (κ1) is 19.3. The normalized spacial score (nSPS) is 10.6. The molecule has 2 aromatic carbocycles. The molecule has 144 valence electrons. The van der Waals surface area contributed by atoms with Gasteiger partial charge < -0.3 is 14.6 Å². The Kier molecular flexibility index (Phi) is 5.55. The van der Waals surface area contributed by atoms with Crippen LogP contribution in [0.25, 0.3) is 11.0 Å². The maximum atomic E-state index is 12.1. The van der Waals surface area contributed by atoms with Gasteiger partial charge in [0.25, 0.3) is 11.6 Å². The number of nitro benzene ring substituents is 1. The zero-order chi connectivity index (χ0) is 20.3. The molecule has 0 aliphatic heterocycles. The Labute approximate surface area is 164 Å². The standard InChI is InChI=1S/C18H15ClN4O5/c1-11-20-13-4-2-3-5-15(13)22(11)9-18(25)28-10-17(24)21-14-8-12(19)6-7-16(14)23(26)27/h2-8H,9-10H2,1H3,(H,21,24). The Morgan fingerprint density at radius 3 is 2.79 bits per heavy atom. The largest absolute Gasteiger partial charge is 0.454 e. The van der Waals surface area contributed by atoms with E-state index in [9.17, 15) is 19.7 Å². The van der Waals surface area contributed by atoms with Crippen LogP contribution in [0.4, 0.5) is 11.4 Å². The number of aromatic nitrogens is 2. The van der Waals surface area contributed by atoms with Gasteiger partial charge in [0.15, 0.2) is 6.61 Å². The van der Waals surface area contributed by atoms with E-state index in [1.165, 1.54) is 18.2 Å². The molecule has 0 bridgehead atoms. The molecule has 0 aliphatic rings. The quantitative estimate of drug-likeness (QED) is 0.384. The van der Waals surface area contributed by atoms with Crippen LogP contribution in [0, 0.1) is 17.0 Å². The number of fused-ring (bicyclic) bond motifs is 1. The number of benzene rings is 2. The third-order valence-corrected chi connectivity index (χ3v) is 4.16. The Morgan fingerprint density at radius 2 is 2.04 bits per heavy atom. The van der Waals surface area contributed by atoms with E-state index in [1.54, 1.807) is 11.5 Å². The smallest absolute Gasteiger partial charge is 0.326 e. The summed E-state index contributed by atoms with van der Waals surface area (Å²) in [5, 5.41) is 13.6. The van der Waals surface area contributed by atoms with Crippen LogP contribution < -0.4 is 5.32 Å². The van der Waals surface area contributed by atoms with E-state index in [1.807, 2.05) is 24.3 Å². The van der Waals surface area contributed by atoms with Crippen molar-refractivity contribution in [1.29, 1.82) is 0 Å². The summed E-state index contributed by atoms with van der Waals surface area (Å²) < 4.78 is 6.66. The fraction of sp³-hybridized carbons (Fsp3) is 0.167. The van der Waals surface area contributed by atoms with E-state index >= 15 is 0 Å². The fourth-order valence-electron chi connectivity index (χ4n) is 2.67. The minimum absolute atomic E-state index is 0.0741. The molecule has 0 spiro atoms. The molecule has 28 heavy (non-hydrogen) atoms. The molecule has 0 unspecified atom stereocenters. The SMILES string of the molecule is Cc1nc2ccccc2n1CC(=O)OCC(=O)Nc1cc(Cl)ccc1[N+](=O)[O-]. The second-order valence-electron chi connectivity index (χ2n) is 5.86. The van der Waals surface area contributed by atoms with Gasteiger partial charge in [-0.1, -0.05) is 23.7 Å². The molecule has 0 saturated carbocycles. The van der Waals surface area contributed by atoms with Crippen molar-refractivity contribution in [2.75, 3.05) is 11.9 Å². The molecular weight excluding hydrogens is 388 g/mol. The summed E-state index contributed by atoms with van der Waals surface area (Å²) in [6.07, 6.45) is 0. The molecule has 0 radical (unpaired) electrons. The highest BCUT2D eigenvalue weighted by Crippen LogP contribution is 2.27. The van der Waals surface area contributed by atoms with E-state index in [4.69, 9.17) is 16.3 Å². The Bertz CT molecular complexity index is 1080. The van der Waals surface area contributed by atoms with Crippen molar-refractivity contribution in [2.45, 2.75) is 13.5 Å². The molecule has 1 amide bonds. The van der Waals surface area contributed by atoms with Crippen LogP contribution in [0.1, 0.15) is 5.82 Å². The van der Waals surface area contributed by atoms with Crippen molar-refractivity contribution in [3.05, 3.63) is 63.4 Å².